The van der Waals surface area contributed by atoms with Crippen molar-refractivity contribution in [2.24, 2.45) is 0 Å². The number of rotatable bonds is 3. The van der Waals surface area contributed by atoms with E-state index in [4.69, 9.17) is 0 Å². The van der Waals surface area contributed by atoms with Gasteiger partial charge in [-0.25, -0.2) is 0 Å². The molecule has 0 spiro atoms. The Kier molecular flexibility index (Phi) is 4.37. The Hall–Kier alpha value is -0.860. The highest BCUT2D eigenvalue weighted by Gasteiger charge is 2.08. The first-order chi connectivity index (χ1) is 7.84. The maximum atomic E-state index is 4.02. The molecule has 0 bridgehead atoms. The van der Waals surface area contributed by atoms with E-state index in [1.165, 1.54) is 25.1 Å². The van der Waals surface area contributed by atoms with E-state index in [1.807, 2.05) is 0 Å². The maximum Gasteiger partial charge on any atom is 0.00853 e. The van der Waals surface area contributed by atoms with E-state index in [-0.39, 0.29) is 0 Å². The van der Waals surface area contributed by atoms with Crippen LogP contribution >= 0.6 is 0 Å². The molecule has 0 amide bonds. The van der Waals surface area contributed by atoms with Gasteiger partial charge in [-0.2, -0.15) is 0 Å². The molecule has 1 aliphatic heterocycles. The second-order valence-electron chi connectivity index (χ2n) is 4.55. The second kappa shape index (κ2) is 6.02. The van der Waals surface area contributed by atoms with Crippen molar-refractivity contribution in [3.63, 3.8) is 0 Å². The molecule has 0 saturated carbocycles. The van der Waals surface area contributed by atoms with E-state index < -0.39 is 0 Å². The Balaban J connectivity index is 1.77. The summed E-state index contributed by atoms with van der Waals surface area (Å²) < 4.78 is 0. The van der Waals surface area contributed by atoms with Crippen LogP contribution in [0.25, 0.3) is 0 Å². The normalized spacial score (nSPS) is 19.6. The lowest BCUT2D eigenvalue weighted by Crippen LogP contribution is -2.30. The van der Waals surface area contributed by atoms with Crippen LogP contribution in [0.5, 0.6) is 0 Å². The number of hydrogen-bond acceptors (Lipinski definition) is 2. The molecular formula is C14H21N2-. The van der Waals surface area contributed by atoms with Gasteiger partial charge in [0.2, 0.25) is 0 Å². The molecule has 0 unspecified atom stereocenters. The van der Waals surface area contributed by atoms with Gasteiger partial charge >= 0.3 is 0 Å². The molecule has 1 aromatic rings. The molecule has 88 valence electrons. The molecule has 1 aliphatic rings. The first kappa shape index (κ1) is 11.6. The molecule has 2 heteroatoms. The number of hydrogen-bond donors (Lipinski definition) is 0. The minimum absolute atomic E-state index is 1.11. The van der Waals surface area contributed by atoms with Gasteiger partial charge < -0.3 is 9.80 Å². The molecule has 2 rings (SSSR count). The summed E-state index contributed by atoms with van der Waals surface area (Å²) in [5.74, 6) is 0. The molecule has 0 aromatic heterocycles. The maximum absolute atomic E-state index is 4.02. The van der Waals surface area contributed by atoms with E-state index in [2.05, 4.69) is 47.2 Å². The van der Waals surface area contributed by atoms with Crippen molar-refractivity contribution in [2.75, 3.05) is 32.7 Å². The SMILES string of the molecule is [CH2-]N1CCCN(CCc2ccccc2)CC1. The smallest absolute Gasteiger partial charge is 0.00853 e. The predicted molar refractivity (Wildman–Crippen MR) is 68.1 cm³/mol. The van der Waals surface area contributed by atoms with Crippen LogP contribution < -0.4 is 0 Å². The minimum atomic E-state index is 1.11. The largest absolute Gasteiger partial charge is 0.458 e. The average Bonchev–Trinajstić information content (AvgIpc) is 2.53. The van der Waals surface area contributed by atoms with Gasteiger partial charge in [0.25, 0.3) is 0 Å². The van der Waals surface area contributed by atoms with Crippen LogP contribution in [0.15, 0.2) is 30.3 Å². The topological polar surface area (TPSA) is 6.48 Å². The lowest BCUT2D eigenvalue weighted by Gasteiger charge is -2.23. The Labute approximate surface area is 98.9 Å². The second-order valence-corrected chi connectivity index (χ2v) is 4.55. The highest BCUT2D eigenvalue weighted by Crippen LogP contribution is 2.05. The van der Waals surface area contributed by atoms with Gasteiger partial charge in [-0.05, 0) is 38.0 Å². The lowest BCUT2D eigenvalue weighted by atomic mass is 10.1. The minimum Gasteiger partial charge on any atom is -0.458 e. The summed E-state index contributed by atoms with van der Waals surface area (Å²) in [6.07, 6.45) is 2.41. The van der Waals surface area contributed by atoms with Crippen LogP contribution in [-0.2, 0) is 6.42 Å². The van der Waals surface area contributed by atoms with Crippen LogP contribution in [0.1, 0.15) is 12.0 Å². The fourth-order valence-electron chi connectivity index (χ4n) is 2.18. The van der Waals surface area contributed by atoms with Crippen molar-refractivity contribution in [1.82, 2.24) is 9.80 Å². The fraction of sp³-hybridized carbons (Fsp3) is 0.500. The monoisotopic (exact) mass is 217 g/mol. The summed E-state index contributed by atoms with van der Waals surface area (Å²) in [6.45, 7) is 5.81. The fourth-order valence-corrected chi connectivity index (χ4v) is 2.18. The Morgan fingerprint density at radius 3 is 2.62 bits per heavy atom. The molecule has 1 heterocycles. The quantitative estimate of drug-likeness (QED) is 0.715. The third-order valence-electron chi connectivity index (χ3n) is 3.24. The first-order valence-electron chi connectivity index (χ1n) is 6.16. The summed E-state index contributed by atoms with van der Waals surface area (Å²) in [5.41, 5.74) is 1.44. The summed E-state index contributed by atoms with van der Waals surface area (Å²) in [5, 5.41) is 0. The lowest BCUT2D eigenvalue weighted by molar-refractivity contribution is 0.285. The van der Waals surface area contributed by atoms with Crippen LogP contribution in [0.3, 0.4) is 0 Å². The van der Waals surface area contributed by atoms with Crippen molar-refractivity contribution < 1.29 is 0 Å². The van der Waals surface area contributed by atoms with E-state index >= 15 is 0 Å². The van der Waals surface area contributed by atoms with Gasteiger partial charge in [0.15, 0.2) is 0 Å². The van der Waals surface area contributed by atoms with Gasteiger partial charge in [0.1, 0.15) is 0 Å². The van der Waals surface area contributed by atoms with E-state index in [0.29, 0.717) is 0 Å². The Morgan fingerprint density at radius 2 is 1.81 bits per heavy atom. The van der Waals surface area contributed by atoms with Gasteiger partial charge in [-0.3, -0.25) is 7.05 Å². The molecule has 0 atom stereocenters. The zero-order valence-electron chi connectivity index (χ0n) is 9.94. The molecule has 1 aromatic carbocycles. The third-order valence-corrected chi connectivity index (χ3v) is 3.24. The molecule has 1 fully saturated rings. The highest BCUT2D eigenvalue weighted by molar-refractivity contribution is 5.14. The van der Waals surface area contributed by atoms with Crippen LogP contribution in [-0.4, -0.2) is 42.5 Å². The summed E-state index contributed by atoms with van der Waals surface area (Å²) >= 11 is 0. The zero-order valence-corrected chi connectivity index (χ0v) is 9.94. The summed E-state index contributed by atoms with van der Waals surface area (Å²) in [7, 11) is 4.02. The number of nitrogens with zero attached hydrogens (tertiary/aromatic N) is 2. The molecular weight excluding hydrogens is 196 g/mol. The number of benzene rings is 1. The molecule has 0 aliphatic carbocycles. The van der Waals surface area contributed by atoms with Crippen molar-refractivity contribution >= 4 is 0 Å². The van der Waals surface area contributed by atoms with Crippen LogP contribution in [0, 0.1) is 7.05 Å². The van der Waals surface area contributed by atoms with Crippen molar-refractivity contribution in [1.29, 1.82) is 0 Å². The van der Waals surface area contributed by atoms with Crippen LogP contribution in [0.4, 0.5) is 0 Å². The highest BCUT2D eigenvalue weighted by atomic mass is 15.2. The standard InChI is InChI=1S/C14H21N2/c1-15-9-5-10-16(13-12-15)11-8-14-6-3-2-4-7-14/h2-4,6-7H,1,5,8-13H2/q-1. The van der Waals surface area contributed by atoms with Crippen molar-refractivity contribution in [2.45, 2.75) is 12.8 Å². The average molecular weight is 217 g/mol. The van der Waals surface area contributed by atoms with Gasteiger partial charge in [0.05, 0.1) is 0 Å². The van der Waals surface area contributed by atoms with Crippen LogP contribution in [0.2, 0.25) is 0 Å². The van der Waals surface area contributed by atoms with Crippen molar-refractivity contribution in [3.05, 3.63) is 42.9 Å². The molecule has 16 heavy (non-hydrogen) atoms. The molecule has 1 saturated heterocycles. The Bertz CT molecular complexity index is 297. The Morgan fingerprint density at radius 1 is 1.00 bits per heavy atom. The first-order valence-corrected chi connectivity index (χ1v) is 6.16. The van der Waals surface area contributed by atoms with Gasteiger partial charge in [-0.15, -0.1) is 0 Å². The van der Waals surface area contributed by atoms with E-state index in [9.17, 15) is 0 Å². The molecule has 2 nitrogen and oxygen atoms in total. The van der Waals surface area contributed by atoms with Gasteiger partial charge in [0, 0.05) is 13.1 Å². The summed E-state index contributed by atoms with van der Waals surface area (Å²) in [6, 6.07) is 10.7. The van der Waals surface area contributed by atoms with Gasteiger partial charge in [-0.1, -0.05) is 30.3 Å². The zero-order chi connectivity index (χ0) is 11.2. The molecule has 0 radical (unpaired) electrons. The third kappa shape index (κ3) is 3.62. The summed E-state index contributed by atoms with van der Waals surface area (Å²) in [4.78, 5) is 4.74. The van der Waals surface area contributed by atoms with E-state index in [1.54, 1.807) is 0 Å². The molecule has 0 N–H and O–H groups in total. The van der Waals surface area contributed by atoms with Crippen molar-refractivity contribution in [3.8, 4) is 0 Å². The van der Waals surface area contributed by atoms with E-state index in [0.717, 1.165) is 26.1 Å². The predicted octanol–water partition coefficient (Wildman–Crippen LogP) is 2.03.